The van der Waals surface area contributed by atoms with Crippen molar-refractivity contribution in [2.24, 2.45) is 0 Å². The summed E-state index contributed by atoms with van der Waals surface area (Å²) < 4.78 is 5.52. The Bertz CT molecular complexity index is 943. The number of nitriles is 1. The number of hydrogen-bond acceptors (Lipinski definition) is 7. The van der Waals surface area contributed by atoms with Gasteiger partial charge in [-0.15, -0.1) is 0 Å². The van der Waals surface area contributed by atoms with Gasteiger partial charge in [-0.3, -0.25) is 0 Å². The third-order valence-corrected chi connectivity index (χ3v) is 6.18. The van der Waals surface area contributed by atoms with Crippen LogP contribution in [0.15, 0.2) is 18.5 Å². The molecule has 2 aromatic heterocycles. The van der Waals surface area contributed by atoms with Crippen molar-refractivity contribution in [2.45, 2.75) is 57.7 Å². The molecule has 0 N–H and O–H groups in total. The van der Waals surface area contributed by atoms with Crippen molar-refractivity contribution < 1.29 is 4.74 Å². The highest BCUT2D eigenvalue weighted by atomic mass is 16.5. The number of ether oxygens (including phenoxy) is 1. The minimum atomic E-state index is 0.476. The Labute approximate surface area is 171 Å². The molecule has 1 saturated carbocycles. The van der Waals surface area contributed by atoms with E-state index in [9.17, 15) is 5.26 Å². The van der Waals surface area contributed by atoms with E-state index in [0.29, 0.717) is 30.9 Å². The molecule has 7 heteroatoms. The van der Waals surface area contributed by atoms with Crippen LogP contribution in [0.3, 0.4) is 0 Å². The van der Waals surface area contributed by atoms with Gasteiger partial charge in [-0.25, -0.2) is 15.0 Å². The molecule has 0 unspecified atom stereocenters. The van der Waals surface area contributed by atoms with Crippen LogP contribution in [0.1, 0.15) is 48.2 Å². The summed E-state index contributed by atoms with van der Waals surface area (Å²) in [4.78, 5) is 18.5. The molecule has 2 aliphatic heterocycles. The molecule has 2 aromatic rings. The molecule has 0 radical (unpaired) electrons. The molecule has 4 heterocycles. The Morgan fingerprint density at radius 1 is 1.14 bits per heavy atom. The first kappa shape index (κ1) is 18.3. The van der Waals surface area contributed by atoms with Gasteiger partial charge < -0.3 is 14.5 Å². The van der Waals surface area contributed by atoms with Crippen molar-refractivity contribution in [3.8, 4) is 6.07 Å². The molecule has 1 saturated heterocycles. The highest BCUT2D eigenvalue weighted by Crippen LogP contribution is 2.36. The monoisotopic (exact) mass is 390 g/mol. The molecule has 0 spiro atoms. The summed E-state index contributed by atoms with van der Waals surface area (Å²) in [5.41, 5.74) is 3.83. The van der Waals surface area contributed by atoms with Gasteiger partial charge in [0.2, 0.25) is 0 Å². The van der Waals surface area contributed by atoms with Gasteiger partial charge in [-0.2, -0.15) is 5.26 Å². The maximum atomic E-state index is 9.67. The fraction of sp³-hybridized carbons (Fsp3) is 0.545. The molecule has 2 fully saturated rings. The van der Waals surface area contributed by atoms with Gasteiger partial charge in [0.1, 0.15) is 24.0 Å². The molecule has 1 aliphatic carbocycles. The molecule has 0 amide bonds. The van der Waals surface area contributed by atoms with E-state index in [0.717, 1.165) is 60.9 Å². The van der Waals surface area contributed by atoms with Crippen LogP contribution in [-0.2, 0) is 17.8 Å². The fourth-order valence-electron chi connectivity index (χ4n) is 4.56. The average molecular weight is 390 g/mol. The van der Waals surface area contributed by atoms with E-state index in [4.69, 9.17) is 9.72 Å². The summed E-state index contributed by atoms with van der Waals surface area (Å²) in [7, 11) is 0. The Balaban J connectivity index is 1.34. The third kappa shape index (κ3) is 3.65. The van der Waals surface area contributed by atoms with Gasteiger partial charge in [0.25, 0.3) is 0 Å². The van der Waals surface area contributed by atoms with Gasteiger partial charge in [0, 0.05) is 48.9 Å². The first-order valence-electron chi connectivity index (χ1n) is 10.6. The lowest BCUT2D eigenvalue weighted by Gasteiger charge is -2.40. The zero-order valence-corrected chi connectivity index (χ0v) is 16.8. The Morgan fingerprint density at radius 2 is 1.93 bits per heavy atom. The normalized spacial score (nSPS) is 19.5. The molecule has 0 atom stereocenters. The van der Waals surface area contributed by atoms with Crippen molar-refractivity contribution in [3.05, 3.63) is 41.0 Å². The van der Waals surface area contributed by atoms with Crippen molar-refractivity contribution in [2.75, 3.05) is 29.5 Å². The highest BCUT2D eigenvalue weighted by Gasteiger charge is 2.37. The maximum absolute atomic E-state index is 9.67. The zero-order valence-electron chi connectivity index (χ0n) is 16.8. The second-order valence-corrected chi connectivity index (χ2v) is 8.25. The summed E-state index contributed by atoms with van der Waals surface area (Å²) >= 11 is 0. The van der Waals surface area contributed by atoms with Crippen molar-refractivity contribution in [3.63, 3.8) is 0 Å². The number of fused-ring (bicyclic) bond motifs is 1. The number of nitrogens with zero attached hydrogens (tertiary/aromatic N) is 6. The smallest absolute Gasteiger partial charge is 0.146 e. The summed E-state index contributed by atoms with van der Waals surface area (Å²) in [5.74, 6) is 1.91. The van der Waals surface area contributed by atoms with Crippen LogP contribution in [0.5, 0.6) is 0 Å². The van der Waals surface area contributed by atoms with Crippen LogP contribution < -0.4 is 9.80 Å². The van der Waals surface area contributed by atoms with E-state index in [-0.39, 0.29) is 0 Å². The summed E-state index contributed by atoms with van der Waals surface area (Å²) in [5, 5.41) is 9.67. The molecule has 29 heavy (non-hydrogen) atoms. The lowest BCUT2D eigenvalue weighted by molar-refractivity contribution is 0.109. The fourth-order valence-corrected chi connectivity index (χ4v) is 4.56. The molecule has 150 valence electrons. The van der Waals surface area contributed by atoms with Crippen LogP contribution in [0, 0.1) is 18.3 Å². The predicted octanol–water partition coefficient (Wildman–Crippen LogP) is 2.76. The number of hydrogen-bond donors (Lipinski definition) is 0. The number of aromatic nitrogens is 3. The van der Waals surface area contributed by atoms with E-state index < -0.39 is 0 Å². The van der Waals surface area contributed by atoms with Crippen LogP contribution in [0.4, 0.5) is 11.6 Å². The Kier molecular flexibility index (Phi) is 4.80. The lowest BCUT2D eigenvalue weighted by atomic mass is 10.0. The number of anilines is 2. The minimum absolute atomic E-state index is 0.476. The maximum Gasteiger partial charge on any atom is 0.146 e. The molecular formula is C22H26N6O. The topological polar surface area (TPSA) is 78.2 Å². The summed E-state index contributed by atoms with van der Waals surface area (Å²) in [6.45, 7) is 5.12. The lowest BCUT2D eigenvalue weighted by Crippen LogP contribution is -2.47. The largest absolute Gasteiger partial charge is 0.376 e. The second-order valence-electron chi connectivity index (χ2n) is 8.25. The highest BCUT2D eigenvalue weighted by molar-refractivity contribution is 5.57. The third-order valence-electron chi connectivity index (χ3n) is 6.18. The predicted molar refractivity (Wildman–Crippen MR) is 110 cm³/mol. The quantitative estimate of drug-likeness (QED) is 0.794. The minimum Gasteiger partial charge on any atom is -0.376 e. The first-order chi connectivity index (χ1) is 14.2. The number of pyridine rings is 1. The Hall–Kier alpha value is -2.72. The molecule has 5 rings (SSSR count). The van der Waals surface area contributed by atoms with Crippen molar-refractivity contribution >= 4 is 11.6 Å². The van der Waals surface area contributed by atoms with Gasteiger partial charge in [-0.1, -0.05) is 0 Å². The average Bonchev–Trinajstić information content (AvgIpc) is 3.59. The van der Waals surface area contributed by atoms with Gasteiger partial charge >= 0.3 is 0 Å². The van der Waals surface area contributed by atoms with Crippen LogP contribution in [0.25, 0.3) is 0 Å². The van der Waals surface area contributed by atoms with Crippen molar-refractivity contribution in [1.82, 2.24) is 15.0 Å². The Morgan fingerprint density at radius 3 is 2.66 bits per heavy atom. The van der Waals surface area contributed by atoms with Crippen LogP contribution >= 0.6 is 0 Å². The molecule has 0 bridgehead atoms. The molecular weight excluding hydrogens is 364 g/mol. The van der Waals surface area contributed by atoms with E-state index in [1.54, 1.807) is 6.33 Å². The van der Waals surface area contributed by atoms with E-state index in [2.05, 4.69) is 31.9 Å². The second kappa shape index (κ2) is 7.60. The van der Waals surface area contributed by atoms with Gasteiger partial charge in [0.05, 0.1) is 24.5 Å². The molecule has 0 aromatic carbocycles. The molecule has 7 nitrogen and oxygen atoms in total. The standard InChI is InChI=1S/C22H26N6O/c1-15-10-21(25-14-24-15)28(18-2-3-18)19-4-7-27(8-5-19)22-16(12-23)11-17-13-29-9-6-20(17)26-22/h10-11,14,18-19H,2-9,13H2,1H3. The van der Waals surface area contributed by atoms with Crippen LogP contribution in [0.2, 0.25) is 0 Å². The van der Waals surface area contributed by atoms with E-state index in [1.807, 2.05) is 13.0 Å². The summed E-state index contributed by atoms with van der Waals surface area (Å²) in [6, 6.07) is 7.51. The number of rotatable bonds is 4. The van der Waals surface area contributed by atoms with Gasteiger partial charge in [-0.05, 0) is 38.7 Å². The molecule has 3 aliphatic rings. The number of piperidine rings is 1. The van der Waals surface area contributed by atoms with Gasteiger partial charge in [0.15, 0.2) is 0 Å². The van der Waals surface area contributed by atoms with E-state index in [1.165, 1.54) is 12.8 Å². The SMILES string of the molecule is Cc1cc(N(C2CC2)C2CCN(c3nc4c(cc3C#N)COCC4)CC2)ncn1. The zero-order chi connectivity index (χ0) is 19.8. The van der Waals surface area contributed by atoms with E-state index >= 15 is 0 Å². The number of aryl methyl sites for hydroxylation is 1. The van der Waals surface area contributed by atoms with Crippen LogP contribution in [-0.4, -0.2) is 46.7 Å². The summed E-state index contributed by atoms with van der Waals surface area (Å²) in [6.07, 6.45) is 7.09. The van der Waals surface area contributed by atoms with Crippen molar-refractivity contribution in [1.29, 1.82) is 5.26 Å². The first-order valence-corrected chi connectivity index (χ1v) is 10.6.